The molecule has 3 rings (SSSR count). The molecule has 2 heterocycles. The maximum absolute atomic E-state index is 4.12. The molecule has 1 aliphatic rings. The lowest BCUT2D eigenvalue weighted by Gasteiger charge is -2.22. The Hall–Kier alpha value is -1.35. The molecule has 0 unspecified atom stereocenters. The molecule has 2 aromatic rings. The molecule has 16 heavy (non-hydrogen) atoms. The van der Waals surface area contributed by atoms with Gasteiger partial charge in [-0.15, -0.1) is 0 Å². The van der Waals surface area contributed by atoms with Crippen LogP contribution >= 0.6 is 0 Å². The fourth-order valence-electron chi connectivity index (χ4n) is 2.60. The maximum atomic E-state index is 4.12. The summed E-state index contributed by atoms with van der Waals surface area (Å²) in [7, 11) is 0. The molecular formula is C13H17N3. The minimum Gasteiger partial charge on any atom is -0.317 e. The average Bonchev–Trinajstić information content (AvgIpc) is 2.80. The molecule has 0 radical (unpaired) electrons. The van der Waals surface area contributed by atoms with E-state index in [4.69, 9.17) is 0 Å². The molecule has 1 fully saturated rings. The Morgan fingerprint density at radius 3 is 3.00 bits per heavy atom. The molecule has 0 spiro atoms. The molecule has 3 nitrogen and oxygen atoms in total. The van der Waals surface area contributed by atoms with E-state index in [1.807, 2.05) is 6.20 Å². The first-order valence-corrected chi connectivity index (χ1v) is 6.05. The summed E-state index contributed by atoms with van der Waals surface area (Å²) >= 11 is 0. The summed E-state index contributed by atoms with van der Waals surface area (Å²) in [5, 5.41) is 11.9. The SMILES string of the molecule is c1cc(CC2CCNCC2)c2[nH]ncc2c1. The Morgan fingerprint density at radius 2 is 2.12 bits per heavy atom. The predicted octanol–water partition coefficient (Wildman–Crippen LogP) is 2.10. The van der Waals surface area contributed by atoms with Crippen LogP contribution in [0.1, 0.15) is 18.4 Å². The zero-order valence-electron chi connectivity index (χ0n) is 9.37. The van der Waals surface area contributed by atoms with Gasteiger partial charge in [0.05, 0.1) is 11.7 Å². The molecule has 1 aromatic heterocycles. The van der Waals surface area contributed by atoms with Crippen LogP contribution in [0.15, 0.2) is 24.4 Å². The van der Waals surface area contributed by atoms with Crippen LogP contribution in [-0.4, -0.2) is 23.3 Å². The van der Waals surface area contributed by atoms with Crippen molar-refractivity contribution in [2.75, 3.05) is 13.1 Å². The van der Waals surface area contributed by atoms with Gasteiger partial charge in [-0.05, 0) is 43.8 Å². The Kier molecular flexibility index (Phi) is 2.62. The standard InChI is InChI=1S/C13H17N3/c1-2-11(8-10-4-6-14-7-5-10)13-12(3-1)9-15-16-13/h1-3,9-10,14H,4-8H2,(H,15,16). The van der Waals surface area contributed by atoms with Gasteiger partial charge in [0.25, 0.3) is 0 Å². The number of aromatic amines is 1. The first kappa shape index (κ1) is 9.85. The van der Waals surface area contributed by atoms with E-state index in [0.717, 1.165) is 5.92 Å². The van der Waals surface area contributed by atoms with E-state index in [-0.39, 0.29) is 0 Å². The number of fused-ring (bicyclic) bond motifs is 1. The van der Waals surface area contributed by atoms with Gasteiger partial charge in [-0.25, -0.2) is 0 Å². The zero-order valence-corrected chi connectivity index (χ0v) is 9.37. The first-order chi connectivity index (χ1) is 7.93. The Bertz CT molecular complexity index is 469. The topological polar surface area (TPSA) is 40.7 Å². The molecule has 0 saturated carbocycles. The number of hydrogen-bond acceptors (Lipinski definition) is 2. The van der Waals surface area contributed by atoms with Crippen molar-refractivity contribution in [3.8, 4) is 0 Å². The quantitative estimate of drug-likeness (QED) is 0.805. The largest absolute Gasteiger partial charge is 0.317 e. The van der Waals surface area contributed by atoms with Crippen LogP contribution < -0.4 is 5.32 Å². The maximum Gasteiger partial charge on any atom is 0.0682 e. The number of para-hydroxylation sites is 1. The molecule has 0 aliphatic carbocycles. The van der Waals surface area contributed by atoms with E-state index in [1.165, 1.54) is 48.8 Å². The number of aromatic nitrogens is 2. The highest BCUT2D eigenvalue weighted by Gasteiger charge is 2.14. The third kappa shape index (κ3) is 1.83. The monoisotopic (exact) mass is 215 g/mol. The van der Waals surface area contributed by atoms with E-state index >= 15 is 0 Å². The third-order valence-electron chi connectivity index (χ3n) is 3.53. The van der Waals surface area contributed by atoms with Crippen molar-refractivity contribution in [2.45, 2.75) is 19.3 Å². The van der Waals surface area contributed by atoms with Crippen LogP contribution in [0.5, 0.6) is 0 Å². The summed E-state index contributed by atoms with van der Waals surface area (Å²) in [6, 6.07) is 6.47. The highest BCUT2D eigenvalue weighted by molar-refractivity contribution is 5.81. The number of rotatable bonds is 2. The van der Waals surface area contributed by atoms with Gasteiger partial charge < -0.3 is 5.32 Å². The lowest BCUT2D eigenvalue weighted by atomic mass is 9.90. The summed E-state index contributed by atoms with van der Waals surface area (Å²) in [6.07, 6.45) is 5.68. The number of nitrogens with one attached hydrogen (secondary N) is 2. The molecule has 84 valence electrons. The second kappa shape index (κ2) is 4.26. The minimum atomic E-state index is 0.829. The summed E-state index contributed by atoms with van der Waals surface area (Å²) in [6.45, 7) is 2.34. The zero-order chi connectivity index (χ0) is 10.8. The second-order valence-corrected chi connectivity index (χ2v) is 4.65. The van der Waals surface area contributed by atoms with E-state index < -0.39 is 0 Å². The molecule has 0 bridgehead atoms. The van der Waals surface area contributed by atoms with Crippen molar-refractivity contribution < 1.29 is 0 Å². The van der Waals surface area contributed by atoms with Crippen LogP contribution in [0, 0.1) is 5.92 Å². The lowest BCUT2D eigenvalue weighted by molar-refractivity contribution is 0.373. The van der Waals surface area contributed by atoms with Crippen molar-refractivity contribution in [1.82, 2.24) is 15.5 Å². The molecular weight excluding hydrogens is 198 g/mol. The molecule has 1 saturated heterocycles. The summed E-state index contributed by atoms with van der Waals surface area (Å²) in [4.78, 5) is 0. The van der Waals surface area contributed by atoms with Crippen molar-refractivity contribution in [2.24, 2.45) is 5.92 Å². The third-order valence-corrected chi connectivity index (χ3v) is 3.53. The van der Waals surface area contributed by atoms with Gasteiger partial charge in [-0.2, -0.15) is 5.10 Å². The fourth-order valence-corrected chi connectivity index (χ4v) is 2.60. The van der Waals surface area contributed by atoms with Crippen molar-refractivity contribution in [1.29, 1.82) is 0 Å². The summed E-state index contributed by atoms with van der Waals surface area (Å²) in [5.41, 5.74) is 2.64. The lowest BCUT2D eigenvalue weighted by Crippen LogP contribution is -2.28. The van der Waals surface area contributed by atoms with Crippen LogP contribution in [0.4, 0.5) is 0 Å². The number of benzene rings is 1. The predicted molar refractivity (Wildman–Crippen MR) is 65.4 cm³/mol. The van der Waals surface area contributed by atoms with Gasteiger partial charge in [0.1, 0.15) is 0 Å². The Labute approximate surface area is 95.2 Å². The van der Waals surface area contributed by atoms with E-state index in [1.54, 1.807) is 0 Å². The van der Waals surface area contributed by atoms with Crippen LogP contribution in [0.3, 0.4) is 0 Å². The Morgan fingerprint density at radius 1 is 1.25 bits per heavy atom. The second-order valence-electron chi connectivity index (χ2n) is 4.65. The van der Waals surface area contributed by atoms with Crippen LogP contribution in [-0.2, 0) is 6.42 Å². The highest BCUT2D eigenvalue weighted by atomic mass is 15.1. The molecule has 2 N–H and O–H groups in total. The van der Waals surface area contributed by atoms with Gasteiger partial charge >= 0.3 is 0 Å². The van der Waals surface area contributed by atoms with Crippen molar-refractivity contribution in [3.05, 3.63) is 30.0 Å². The number of hydrogen-bond donors (Lipinski definition) is 2. The number of piperidine rings is 1. The van der Waals surface area contributed by atoms with E-state index in [2.05, 4.69) is 33.7 Å². The van der Waals surface area contributed by atoms with Crippen LogP contribution in [0.2, 0.25) is 0 Å². The van der Waals surface area contributed by atoms with Crippen molar-refractivity contribution in [3.63, 3.8) is 0 Å². The molecule has 3 heteroatoms. The number of H-pyrrole nitrogens is 1. The van der Waals surface area contributed by atoms with E-state index in [0.29, 0.717) is 0 Å². The molecule has 0 amide bonds. The fraction of sp³-hybridized carbons (Fsp3) is 0.462. The minimum absolute atomic E-state index is 0.829. The molecule has 1 aliphatic heterocycles. The van der Waals surface area contributed by atoms with E-state index in [9.17, 15) is 0 Å². The van der Waals surface area contributed by atoms with Gasteiger partial charge in [-0.1, -0.05) is 18.2 Å². The van der Waals surface area contributed by atoms with Crippen molar-refractivity contribution >= 4 is 10.9 Å². The van der Waals surface area contributed by atoms with Gasteiger partial charge in [0, 0.05) is 5.39 Å². The smallest absolute Gasteiger partial charge is 0.0682 e. The summed E-state index contributed by atoms with van der Waals surface area (Å²) in [5.74, 6) is 0.829. The summed E-state index contributed by atoms with van der Waals surface area (Å²) < 4.78 is 0. The Balaban J connectivity index is 1.85. The average molecular weight is 215 g/mol. The number of nitrogens with zero attached hydrogens (tertiary/aromatic N) is 1. The molecule has 1 aromatic carbocycles. The highest BCUT2D eigenvalue weighted by Crippen LogP contribution is 2.22. The van der Waals surface area contributed by atoms with Crippen LogP contribution in [0.25, 0.3) is 10.9 Å². The molecule has 0 atom stereocenters. The first-order valence-electron chi connectivity index (χ1n) is 6.05. The normalized spacial score (nSPS) is 18.0. The van der Waals surface area contributed by atoms with Gasteiger partial charge in [-0.3, -0.25) is 5.10 Å². The van der Waals surface area contributed by atoms with Gasteiger partial charge in [0.2, 0.25) is 0 Å². The van der Waals surface area contributed by atoms with Gasteiger partial charge in [0.15, 0.2) is 0 Å².